The molecule has 0 saturated carbocycles. The summed E-state index contributed by atoms with van der Waals surface area (Å²) in [5.41, 5.74) is 2.34. The third-order valence-corrected chi connectivity index (χ3v) is 6.21. The van der Waals surface area contributed by atoms with E-state index in [1.807, 2.05) is 30.3 Å². The summed E-state index contributed by atoms with van der Waals surface area (Å²) in [7, 11) is -3.97. The second-order valence-corrected chi connectivity index (χ2v) is 8.96. The van der Waals surface area contributed by atoms with Crippen LogP contribution in [0.4, 0.5) is 0 Å². The predicted molar refractivity (Wildman–Crippen MR) is 118 cm³/mol. The van der Waals surface area contributed by atoms with Gasteiger partial charge in [0.2, 0.25) is 10.0 Å². The second-order valence-electron chi connectivity index (χ2n) is 6.62. The Balaban J connectivity index is 1.92. The number of aromatic nitrogens is 1. The Morgan fingerprint density at radius 3 is 2.30 bits per heavy atom. The maximum absolute atomic E-state index is 12.2. The number of hydrogen-bond acceptors (Lipinski definition) is 4. The molecule has 30 heavy (non-hydrogen) atoms. The number of nitrogens with two attached hydrogens (primary N) is 1. The van der Waals surface area contributed by atoms with E-state index < -0.39 is 10.0 Å². The van der Waals surface area contributed by atoms with Crippen LogP contribution in [0.25, 0.3) is 22.6 Å². The molecule has 0 fully saturated rings. The van der Waals surface area contributed by atoms with Crippen molar-refractivity contribution in [3.8, 4) is 22.6 Å². The van der Waals surface area contributed by atoms with Gasteiger partial charge in [-0.1, -0.05) is 71.7 Å². The third kappa shape index (κ3) is 4.27. The van der Waals surface area contributed by atoms with Gasteiger partial charge >= 0.3 is 0 Å². The Morgan fingerprint density at radius 2 is 1.60 bits per heavy atom. The zero-order valence-electron chi connectivity index (χ0n) is 15.5. The number of rotatable bonds is 5. The minimum atomic E-state index is -3.97. The predicted octanol–water partition coefficient (Wildman–Crippen LogP) is 5.55. The SMILES string of the molecule is NS(=O)(=O)c1ccccc1-c1nc(Cc2ccccc2)oc1-c1ccc(Cl)c(Cl)c1. The Labute approximate surface area is 184 Å². The fourth-order valence-corrected chi connectivity index (χ4v) is 4.17. The number of oxazole rings is 1. The van der Waals surface area contributed by atoms with Crippen molar-refractivity contribution in [2.75, 3.05) is 0 Å². The molecule has 3 aromatic carbocycles. The van der Waals surface area contributed by atoms with E-state index in [4.69, 9.17) is 32.8 Å². The molecule has 0 aliphatic carbocycles. The van der Waals surface area contributed by atoms with Gasteiger partial charge in [-0.25, -0.2) is 18.5 Å². The van der Waals surface area contributed by atoms with E-state index in [0.717, 1.165) is 5.56 Å². The van der Waals surface area contributed by atoms with Crippen molar-refractivity contribution in [1.29, 1.82) is 0 Å². The number of hydrogen-bond donors (Lipinski definition) is 1. The van der Waals surface area contributed by atoms with Gasteiger partial charge in [0, 0.05) is 17.5 Å². The molecule has 0 saturated heterocycles. The maximum atomic E-state index is 12.2. The normalized spacial score (nSPS) is 11.6. The monoisotopic (exact) mass is 458 g/mol. The van der Waals surface area contributed by atoms with Crippen LogP contribution in [0.3, 0.4) is 0 Å². The fraction of sp³-hybridized carbons (Fsp3) is 0.0455. The highest BCUT2D eigenvalue weighted by Gasteiger charge is 2.23. The lowest BCUT2D eigenvalue weighted by Crippen LogP contribution is -2.13. The standard InChI is InChI=1S/C22H16Cl2N2O3S/c23-17-11-10-15(13-18(17)24)22-21(16-8-4-5-9-19(16)30(25,27)28)26-20(29-22)12-14-6-2-1-3-7-14/h1-11,13H,12H2,(H2,25,27,28). The van der Waals surface area contributed by atoms with E-state index in [1.165, 1.54) is 6.07 Å². The van der Waals surface area contributed by atoms with Gasteiger partial charge in [-0.15, -0.1) is 0 Å². The van der Waals surface area contributed by atoms with Crippen LogP contribution in [0.5, 0.6) is 0 Å². The molecule has 0 amide bonds. The van der Waals surface area contributed by atoms with Crippen LogP contribution >= 0.6 is 23.2 Å². The summed E-state index contributed by atoms with van der Waals surface area (Å²) in [6.07, 6.45) is 0.437. The fourth-order valence-electron chi connectivity index (χ4n) is 3.14. The van der Waals surface area contributed by atoms with Crippen LogP contribution in [0, 0.1) is 0 Å². The quantitative estimate of drug-likeness (QED) is 0.424. The average Bonchev–Trinajstić information content (AvgIpc) is 3.14. The third-order valence-electron chi connectivity index (χ3n) is 4.50. The van der Waals surface area contributed by atoms with Crippen LogP contribution in [-0.4, -0.2) is 13.4 Å². The number of halogens is 2. The largest absolute Gasteiger partial charge is 0.440 e. The number of benzene rings is 3. The van der Waals surface area contributed by atoms with E-state index in [-0.39, 0.29) is 4.90 Å². The molecule has 152 valence electrons. The van der Waals surface area contributed by atoms with E-state index >= 15 is 0 Å². The molecular formula is C22H16Cl2N2O3S. The molecule has 5 nitrogen and oxygen atoms in total. The first kappa shape index (κ1) is 20.6. The smallest absolute Gasteiger partial charge is 0.238 e. The minimum Gasteiger partial charge on any atom is -0.440 e. The summed E-state index contributed by atoms with van der Waals surface area (Å²) >= 11 is 12.2. The summed E-state index contributed by atoms with van der Waals surface area (Å²) < 4.78 is 30.4. The first-order valence-corrected chi connectivity index (χ1v) is 11.2. The van der Waals surface area contributed by atoms with Crippen molar-refractivity contribution in [2.24, 2.45) is 5.14 Å². The first-order chi connectivity index (χ1) is 14.3. The van der Waals surface area contributed by atoms with Crippen LogP contribution < -0.4 is 5.14 Å². The van der Waals surface area contributed by atoms with Crippen LogP contribution in [-0.2, 0) is 16.4 Å². The highest BCUT2D eigenvalue weighted by atomic mass is 35.5. The number of sulfonamides is 1. The molecule has 0 unspecified atom stereocenters. The molecule has 0 bridgehead atoms. The Morgan fingerprint density at radius 1 is 0.900 bits per heavy atom. The second kappa shape index (κ2) is 8.24. The van der Waals surface area contributed by atoms with Gasteiger partial charge in [0.05, 0.1) is 14.9 Å². The highest BCUT2D eigenvalue weighted by Crippen LogP contribution is 2.38. The van der Waals surface area contributed by atoms with E-state index in [9.17, 15) is 8.42 Å². The topological polar surface area (TPSA) is 86.2 Å². The molecule has 4 rings (SSSR count). The van der Waals surface area contributed by atoms with Gasteiger partial charge in [0.25, 0.3) is 0 Å². The van der Waals surface area contributed by atoms with Crippen LogP contribution in [0.15, 0.2) is 82.1 Å². The lowest BCUT2D eigenvalue weighted by molar-refractivity contribution is 0.519. The van der Waals surface area contributed by atoms with Crippen molar-refractivity contribution in [3.63, 3.8) is 0 Å². The zero-order valence-corrected chi connectivity index (χ0v) is 17.9. The van der Waals surface area contributed by atoms with E-state index in [0.29, 0.717) is 44.9 Å². The van der Waals surface area contributed by atoms with Gasteiger partial charge in [-0.05, 0) is 29.8 Å². The van der Waals surface area contributed by atoms with Crippen LogP contribution in [0.2, 0.25) is 10.0 Å². The van der Waals surface area contributed by atoms with Gasteiger partial charge in [0.15, 0.2) is 11.7 Å². The molecule has 0 aliphatic heterocycles. The molecule has 1 aromatic heterocycles. The number of nitrogens with zero attached hydrogens (tertiary/aromatic N) is 1. The summed E-state index contributed by atoms with van der Waals surface area (Å²) in [5.74, 6) is 0.817. The molecule has 4 aromatic rings. The van der Waals surface area contributed by atoms with Crippen molar-refractivity contribution < 1.29 is 12.8 Å². The summed E-state index contributed by atoms with van der Waals surface area (Å²) in [6.45, 7) is 0. The van der Waals surface area contributed by atoms with Crippen LogP contribution in [0.1, 0.15) is 11.5 Å². The molecular weight excluding hydrogens is 443 g/mol. The Bertz CT molecular complexity index is 1320. The van der Waals surface area contributed by atoms with Crippen molar-refractivity contribution >= 4 is 33.2 Å². The molecule has 0 aliphatic rings. The van der Waals surface area contributed by atoms with Gasteiger partial charge in [0.1, 0.15) is 5.69 Å². The Kier molecular flexibility index (Phi) is 5.66. The zero-order chi connectivity index (χ0) is 21.3. The lowest BCUT2D eigenvalue weighted by atomic mass is 10.1. The lowest BCUT2D eigenvalue weighted by Gasteiger charge is -2.07. The average molecular weight is 459 g/mol. The summed E-state index contributed by atoms with van der Waals surface area (Å²) in [4.78, 5) is 4.58. The number of primary sulfonamides is 1. The molecule has 0 spiro atoms. The molecule has 1 heterocycles. The van der Waals surface area contributed by atoms with Crippen molar-refractivity contribution in [2.45, 2.75) is 11.3 Å². The summed E-state index contributed by atoms with van der Waals surface area (Å²) in [6, 6.07) is 21.1. The first-order valence-electron chi connectivity index (χ1n) is 8.94. The molecule has 2 N–H and O–H groups in total. The highest BCUT2D eigenvalue weighted by molar-refractivity contribution is 7.89. The van der Waals surface area contributed by atoms with Gasteiger partial charge in [-0.2, -0.15) is 0 Å². The minimum absolute atomic E-state index is 0.0362. The molecule has 0 radical (unpaired) electrons. The molecule has 8 heteroatoms. The Hall–Kier alpha value is -2.64. The van der Waals surface area contributed by atoms with Crippen molar-refractivity contribution in [1.82, 2.24) is 4.98 Å². The summed E-state index contributed by atoms with van der Waals surface area (Å²) in [5, 5.41) is 6.18. The van der Waals surface area contributed by atoms with Crippen molar-refractivity contribution in [3.05, 3.63) is 94.3 Å². The van der Waals surface area contributed by atoms with Gasteiger partial charge in [-0.3, -0.25) is 0 Å². The van der Waals surface area contributed by atoms with E-state index in [2.05, 4.69) is 4.98 Å². The maximum Gasteiger partial charge on any atom is 0.238 e. The van der Waals surface area contributed by atoms with E-state index in [1.54, 1.807) is 36.4 Å². The molecule has 0 atom stereocenters. The van der Waals surface area contributed by atoms with Gasteiger partial charge < -0.3 is 4.42 Å².